The Morgan fingerprint density at radius 2 is 1.46 bits per heavy atom. The lowest BCUT2D eigenvalue weighted by Gasteiger charge is -2.38. The van der Waals surface area contributed by atoms with Crippen molar-refractivity contribution < 1.29 is 4.74 Å². The van der Waals surface area contributed by atoms with Crippen LogP contribution in [0.5, 0.6) is 0 Å². The predicted octanol–water partition coefficient (Wildman–Crippen LogP) is 6.85. The molecular formula is C22H33ClO. The Kier molecular flexibility index (Phi) is 7.04. The van der Waals surface area contributed by atoms with Gasteiger partial charge >= 0.3 is 0 Å². The Balaban J connectivity index is 1.40. The van der Waals surface area contributed by atoms with Crippen LogP contribution in [0.1, 0.15) is 75.7 Å². The van der Waals surface area contributed by atoms with Crippen LogP contribution in [-0.2, 0) is 4.74 Å². The number of rotatable bonds is 6. The third-order valence-corrected chi connectivity index (χ3v) is 6.88. The molecule has 2 saturated carbocycles. The molecule has 2 aliphatic rings. The molecular weight excluding hydrogens is 316 g/mol. The van der Waals surface area contributed by atoms with E-state index in [1.165, 1.54) is 69.8 Å². The Morgan fingerprint density at radius 1 is 0.875 bits per heavy atom. The van der Waals surface area contributed by atoms with E-state index in [0.29, 0.717) is 0 Å². The molecule has 1 aromatic carbocycles. The van der Waals surface area contributed by atoms with E-state index in [1.807, 2.05) is 19.2 Å². The van der Waals surface area contributed by atoms with Crippen LogP contribution in [0.15, 0.2) is 24.3 Å². The average Bonchev–Trinajstić information content (AvgIpc) is 2.63. The van der Waals surface area contributed by atoms with Crippen molar-refractivity contribution in [2.75, 3.05) is 13.7 Å². The van der Waals surface area contributed by atoms with Crippen LogP contribution < -0.4 is 0 Å². The standard InChI is InChI=1S/C22H33ClO/c1-24-16-2-3-17-4-6-18(7-5-17)19-8-10-20(11-9-19)21-12-14-22(23)15-13-21/h12-15,17-20H,2-11,16H2,1H3/t17-,18-,19-,20-. The fourth-order valence-electron chi connectivity index (χ4n) is 5.12. The summed E-state index contributed by atoms with van der Waals surface area (Å²) >= 11 is 6.02. The van der Waals surface area contributed by atoms with Crippen molar-refractivity contribution in [1.82, 2.24) is 0 Å². The lowest BCUT2D eigenvalue weighted by Crippen LogP contribution is -2.25. The lowest BCUT2D eigenvalue weighted by atomic mass is 9.68. The maximum atomic E-state index is 6.02. The Hall–Kier alpha value is -0.530. The topological polar surface area (TPSA) is 9.23 Å². The minimum Gasteiger partial charge on any atom is -0.385 e. The van der Waals surface area contributed by atoms with Gasteiger partial charge in [0, 0.05) is 18.7 Å². The molecule has 1 nitrogen and oxygen atoms in total. The van der Waals surface area contributed by atoms with Crippen LogP contribution in [0.2, 0.25) is 5.02 Å². The SMILES string of the molecule is COCCC[C@H]1CC[C@H]([C@H]2CC[C@H](c3ccc(Cl)cc3)CC2)CC1. The fourth-order valence-corrected chi connectivity index (χ4v) is 5.25. The monoisotopic (exact) mass is 348 g/mol. The second kappa shape index (κ2) is 9.25. The van der Waals surface area contributed by atoms with Gasteiger partial charge < -0.3 is 4.74 Å². The average molecular weight is 349 g/mol. The van der Waals surface area contributed by atoms with E-state index in [1.54, 1.807) is 0 Å². The minimum atomic E-state index is 0.767. The van der Waals surface area contributed by atoms with E-state index in [-0.39, 0.29) is 0 Å². The van der Waals surface area contributed by atoms with Crippen molar-refractivity contribution in [3.05, 3.63) is 34.9 Å². The van der Waals surface area contributed by atoms with E-state index < -0.39 is 0 Å². The van der Waals surface area contributed by atoms with E-state index in [9.17, 15) is 0 Å². The lowest BCUT2D eigenvalue weighted by molar-refractivity contribution is 0.144. The Labute approximate surface area is 153 Å². The largest absolute Gasteiger partial charge is 0.385 e. The highest BCUT2D eigenvalue weighted by Gasteiger charge is 2.31. The number of ether oxygens (including phenoxy) is 1. The summed E-state index contributed by atoms with van der Waals surface area (Å²) in [5.74, 6) is 3.74. The van der Waals surface area contributed by atoms with Gasteiger partial charge in [0.1, 0.15) is 0 Å². The molecule has 0 N–H and O–H groups in total. The minimum absolute atomic E-state index is 0.767. The van der Waals surface area contributed by atoms with Crippen LogP contribution in [0.25, 0.3) is 0 Å². The summed E-state index contributed by atoms with van der Waals surface area (Å²) < 4.78 is 5.19. The van der Waals surface area contributed by atoms with E-state index in [0.717, 1.165) is 35.3 Å². The van der Waals surface area contributed by atoms with Gasteiger partial charge in [-0.2, -0.15) is 0 Å². The molecule has 24 heavy (non-hydrogen) atoms. The second-order valence-electron chi connectivity index (χ2n) is 8.08. The molecule has 0 aromatic heterocycles. The predicted molar refractivity (Wildman–Crippen MR) is 103 cm³/mol. The first-order chi connectivity index (χ1) is 11.8. The summed E-state index contributed by atoms with van der Waals surface area (Å²) in [5, 5.41) is 0.856. The molecule has 0 heterocycles. The molecule has 0 atom stereocenters. The smallest absolute Gasteiger partial charge is 0.0462 e. The molecule has 2 aliphatic carbocycles. The molecule has 0 spiro atoms. The van der Waals surface area contributed by atoms with Crippen LogP contribution >= 0.6 is 11.6 Å². The molecule has 1 aromatic rings. The Morgan fingerprint density at radius 3 is 2.04 bits per heavy atom. The fraction of sp³-hybridized carbons (Fsp3) is 0.727. The first-order valence-corrected chi connectivity index (χ1v) is 10.4. The molecule has 0 bridgehead atoms. The van der Waals surface area contributed by atoms with Gasteiger partial charge in [0.25, 0.3) is 0 Å². The Bertz CT molecular complexity index is 467. The van der Waals surface area contributed by atoms with Crippen molar-refractivity contribution in [3.8, 4) is 0 Å². The summed E-state index contributed by atoms with van der Waals surface area (Å²) in [6, 6.07) is 8.57. The maximum Gasteiger partial charge on any atom is 0.0462 e. The zero-order valence-electron chi connectivity index (χ0n) is 15.2. The third-order valence-electron chi connectivity index (χ3n) is 6.63. The third kappa shape index (κ3) is 4.99. The highest BCUT2D eigenvalue weighted by molar-refractivity contribution is 6.30. The summed E-state index contributed by atoms with van der Waals surface area (Å²) in [6.45, 7) is 0.939. The molecule has 0 amide bonds. The van der Waals surface area contributed by atoms with Crippen LogP contribution in [0, 0.1) is 17.8 Å². The van der Waals surface area contributed by atoms with E-state index >= 15 is 0 Å². The first kappa shape index (κ1) is 18.3. The number of halogens is 1. The second-order valence-corrected chi connectivity index (χ2v) is 8.52. The van der Waals surface area contributed by atoms with Gasteiger partial charge in [-0.3, -0.25) is 0 Å². The van der Waals surface area contributed by atoms with Crippen molar-refractivity contribution >= 4 is 11.6 Å². The van der Waals surface area contributed by atoms with Gasteiger partial charge in [0.05, 0.1) is 0 Å². The summed E-state index contributed by atoms with van der Waals surface area (Å²) in [7, 11) is 1.82. The maximum absolute atomic E-state index is 6.02. The van der Waals surface area contributed by atoms with Crippen molar-refractivity contribution in [1.29, 1.82) is 0 Å². The number of hydrogen-bond donors (Lipinski definition) is 0. The summed E-state index contributed by atoms with van der Waals surface area (Å²) in [4.78, 5) is 0. The number of methoxy groups -OCH3 is 1. The van der Waals surface area contributed by atoms with Gasteiger partial charge in [-0.05, 0) is 92.7 Å². The molecule has 0 aliphatic heterocycles. The highest BCUT2D eigenvalue weighted by Crippen LogP contribution is 2.44. The molecule has 0 saturated heterocycles. The molecule has 2 heteroatoms. The van der Waals surface area contributed by atoms with Crippen LogP contribution in [-0.4, -0.2) is 13.7 Å². The van der Waals surface area contributed by atoms with Crippen molar-refractivity contribution in [3.63, 3.8) is 0 Å². The van der Waals surface area contributed by atoms with Gasteiger partial charge in [-0.15, -0.1) is 0 Å². The molecule has 134 valence electrons. The van der Waals surface area contributed by atoms with Crippen LogP contribution in [0.4, 0.5) is 0 Å². The van der Waals surface area contributed by atoms with Crippen molar-refractivity contribution in [2.45, 2.75) is 70.1 Å². The summed E-state index contributed by atoms with van der Waals surface area (Å²) in [6.07, 6.45) is 14.1. The van der Waals surface area contributed by atoms with Crippen molar-refractivity contribution in [2.24, 2.45) is 17.8 Å². The zero-order valence-corrected chi connectivity index (χ0v) is 15.9. The molecule has 0 unspecified atom stereocenters. The van der Waals surface area contributed by atoms with Gasteiger partial charge in [-0.1, -0.05) is 36.6 Å². The van der Waals surface area contributed by atoms with Gasteiger partial charge in [0.15, 0.2) is 0 Å². The molecule has 3 rings (SSSR count). The quantitative estimate of drug-likeness (QED) is 0.511. The van der Waals surface area contributed by atoms with E-state index in [2.05, 4.69) is 12.1 Å². The zero-order chi connectivity index (χ0) is 16.8. The normalized spacial score (nSPS) is 31.1. The van der Waals surface area contributed by atoms with E-state index in [4.69, 9.17) is 16.3 Å². The van der Waals surface area contributed by atoms with Crippen LogP contribution in [0.3, 0.4) is 0 Å². The summed E-state index contributed by atoms with van der Waals surface area (Å²) in [5.41, 5.74) is 1.50. The highest BCUT2D eigenvalue weighted by atomic mass is 35.5. The first-order valence-electron chi connectivity index (χ1n) is 10.0. The molecule has 2 fully saturated rings. The number of benzene rings is 1. The van der Waals surface area contributed by atoms with Gasteiger partial charge in [-0.25, -0.2) is 0 Å². The van der Waals surface area contributed by atoms with Gasteiger partial charge in [0.2, 0.25) is 0 Å². The molecule has 0 radical (unpaired) electrons. The number of hydrogen-bond acceptors (Lipinski definition) is 1.